The number of carbonyl (C=O) groups is 1. The van der Waals surface area contributed by atoms with Crippen LogP contribution in [0.25, 0.3) is 0 Å². The third-order valence-corrected chi connectivity index (χ3v) is 2.96. The Labute approximate surface area is 98.2 Å². The monoisotopic (exact) mass is 228 g/mol. The molecule has 2 aromatic rings. The Kier molecular flexibility index (Phi) is 2.11. The van der Waals surface area contributed by atoms with Crippen molar-refractivity contribution in [1.29, 1.82) is 0 Å². The molecule has 0 unspecified atom stereocenters. The fourth-order valence-corrected chi connectivity index (χ4v) is 2.09. The summed E-state index contributed by atoms with van der Waals surface area (Å²) in [5.74, 6) is 0.274. The van der Waals surface area contributed by atoms with E-state index in [9.17, 15) is 4.79 Å². The van der Waals surface area contributed by atoms with Crippen LogP contribution < -0.4 is 5.73 Å². The minimum atomic E-state index is -0.0644. The van der Waals surface area contributed by atoms with E-state index in [0.717, 1.165) is 0 Å². The minimum Gasteiger partial charge on any atom is -0.382 e. The lowest BCUT2D eigenvalue weighted by molar-refractivity contribution is 0.0745. The maximum atomic E-state index is 12.1. The molecule has 1 amide bonds. The molecule has 3 rings (SSSR count). The van der Waals surface area contributed by atoms with Gasteiger partial charge in [-0.3, -0.25) is 9.89 Å². The molecule has 86 valence electrons. The number of aromatic nitrogens is 2. The van der Waals surface area contributed by atoms with Crippen LogP contribution in [-0.4, -0.2) is 21.0 Å². The van der Waals surface area contributed by atoms with Crippen molar-refractivity contribution in [2.24, 2.45) is 0 Å². The fourth-order valence-electron chi connectivity index (χ4n) is 2.09. The van der Waals surface area contributed by atoms with Crippen molar-refractivity contribution in [2.75, 3.05) is 5.73 Å². The Hall–Kier alpha value is -2.30. The van der Waals surface area contributed by atoms with E-state index in [2.05, 4.69) is 10.2 Å². The van der Waals surface area contributed by atoms with Crippen molar-refractivity contribution in [3.05, 3.63) is 47.2 Å². The van der Waals surface area contributed by atoms with Crippen LogP contribution in [0.1, 0.15) is 21.6 Å². The summed E-state index contributed by atoms with van der Waals surface area (Å²) >= 11 is 0. The van der Waals surface area contributed by atoms with Crippen LogP contribution in [0.2, 0.25) is 0 Å². The van der Waals surface area contributed by atoms with E-state index in [1.807, 2.05) is 24.3 Å². The first-order valence-corrected chi connectivity index (χ1v) is 5.41. The number of nitrogen functional groups attached to an aromatic ring is 1. The van der Waals surface area contributed by atoms with Gasteiger partial charge in [0.1, 0.15) is 11.5 Å². The zero-order valence-corrected chi connectivity index (χ0v) is 9.18. The molecule has 1 aromatic heterocycles. The van der Waals surface area contributed by atoms with Gasteiger partial charge in [-0.25, -0.2) is 0 Å². The summed E-state index contributed by atoms with van der Waals surface area (Å²) in [6, 6.07) is 9.63. The van der Waals surface area contributed by atoms with Gasteiger partial charge in [0.05, 0.1) is 0 Å². The minimum absolute atomic E-state index is 0.0644. The molecule has 0 bridgehead atoms. The van der Waals surface area contributed by atoms with Gasteiger partial charge >= 0.3 is 0 Å². The first-order valence-electron chi connectivity index (χ1n) is 5.41. The molecular formula is C12H12N4O. The zero-order valence-electron chi connectivity index (χ0n) is 9.18. The van der Waals surface area contributed by atoms with Crippen LogP contribution in [0.5, 0.6) is 0 Å². The number of nitrogens with one attached hydrogen (secondary N) is 1. The number of hydrogen-bond donors (Lipinski definition) is 2. The number of rotatable bonds is 1. The van der Waals surface area contributed by atoms with Crippen molar-refractivity contribution >= 4 is 11.7 Å². The second-order valence-electron chi connectivity index (χ2n) is 4.14. The normalized spacial score (nSPS) is 13.8. The third-order valence-electron chi connectivity index (χ3n) is 2.96. The van der Waals surface area contributed by atoms with E-state index in [-0.39, 0.29) is 5.91 Å². The predicted octanol–water partition coefficient (Wildman–Crippen LogP) is 1.15. The van der Waals surface area contributed by atoms with Gasteiger partial charge in [0.25, 0.3) is 5.91 Å². The van der Waals surface area contributed by atoms with Crippen molar-refractivity contribution < 1.29 is 4.79 Å². The Morgan fingerprint density at radius 3 is 2.47 bits per heavy atom. The van der Waals surface area contributed by atoms with Crippen molar-refractivity contribution in [1.82, 2.24) is 15.1 Å². The Bertz CT molecular complexity index is 550. The van der Waals surface area contributed by atoms with Gasteiger partial charge < -0.3 is 10.6 Å². The number of carbonyl (C=O) groups excluding carboxylic acids is 1. The highest BCUT2D eigenvalue weighted by Gasteiger charge is 2.24. The van der Waals surface area contributed by atoms with Crippen molar-refractivity contribution in [2.45, 2.75) is 13.1 Å². The predicted molar refractivity (Wildman–Crippen MR) is 63.0 cm³/mol. The van der Waals surface area contributed by atoms with E-state index in [0.29, 0.717) is 24.6 Å². The molecule has 1 aliphatic rings. The van der Waals surface area contributed by atoms with E-state index < -0.39 is 0 Å². The smallest absolute Gasteiger partial charge is 0.272 e. The molecule has 1 aromatic carbocycles. The number of fused-ring (bicyclic) bond motifs is 1. The summed E-state index contributed by atoms with van der Waals surface area (Å²) in [4.78, 5) is 13.9. The molecule has 5 heteroatoms. The highest BCUT2D eigenvalue weighted by atomic mass is 16.2. The van der Waals surface area contributed by atoms with E-state index in [1.165, 1.54) is 11.1 Å². The molecular weight excluding hydrogens is 216 g/mol. The van der Waals surface area contributed by atoms with Gasteiger partial charge in [-0.2, -0.15) is 5.10 Å². The maximum absolute atomic E-state index is 12.1. The molecule has 17 heavy (non-hydrogen) atoms. The van der Waals surface area contributed by atoms with Gasteiger partial charge in [-0.15, -0.1) is 0 Å². The van der Waals surface area contributed by atoms with Crippen molar-refractivity contribution in [3.8, 4) is 0 Å². The molecule has 0 radical (unpaired) electrons. The molecule has 0 atom stereocenters. The largest absolute Gasteiger partial charge is 0.382 e. The number of hydrogen-bond acceptors (Lipinski definition) is 3. The Morgan fingerprint density at radius 2 is 1.94 bits per heavy atom. The number of benzene rings is 1. The number of aromatic amines is 1. The number of H-pyrrole nitrogens is 1. The highest BCUT2D eigenvalue weighted by molar-refractivity contribution is 5.93. The second kappa shape index (κ2) is 3.62. The first-order chi connectivity index (χ1) is 8.24. The third kappa shape index (κ3) is 1.65. The molecule has 0 fully saturated rings. The maximum Gasteiger partial charge on any atom is 0.272 e. The number of nitrogens with two attached hydrogens (primary N) is 1. The summed E-state index contributed by atoms with van der Waals surface area (Å²) in [7, 11) is 0. The van der Waals surface area contributed by atoms with Gasteiger partial charge in [0, 0.05) is 19.2 Å². The first kappa shape index (κ1) is 9.89. The lowest BCUT2D eigenvalue weighted by atomic mass is 10.1. The van der Waals surface area contributed by atoms with Crippen LogP contribution in [0.3, 0.4) is 0 Å². The van der Waals surface area contributed by atoms with Crippen LogP contribution >= 0.6 is 0 Å². The summed E-state index contributed by atoms with van der Waals surface area (Å²) in [5, 5.41) is 6.41. The quantitative estimate of drug-likeness (QED) is 0.768. The Balaban J connectivity index is 1.83. The molecule has 0 saturated carbocycles. The topological polar surface area (TPSA) is 75.0 Å². The SMILES string of the molecule is Nc1cc(C(=O)N2Cc3ccccc3C2)[nH]n1. The second-order valence-corrected chi connectivity index (χ2v) is 4.14. The molecule has 1 aliphatic heterocycles. The van der Waals surface area contributed by atoms with Crippen LogP contribution in [-0.2, 0) is 13.1 Å². The zero-order chi connectivity index (χ0) is 11.8. The molecule has 2 heterocycles. The van der Waals surface area contributed by atoms with E-state index >= 15 is 0 Å². The van der Waals surface area contributed by atoms with E-state index in [4.69, 9.17) is 5.73 Å². The van der Waals surface area contributed by atoms with Gasteiger partial charge in [-0.05, 0) is 11.1 Å². The molecule has 5 nitrogen and oxygen atoms in total. The highest BCUT2D eigenvalue weighted by Crippen LogP contribution is 2.23. The summed E-state index contributed by atoms with van der Waals surface area (Å²) < 4.78 is 0. The van der Waals surface area contributed by atoms with Gasteiger partial charge in [0.2, 0.25) is 0 Å². The standard InChI is InChI=1S/C12H12N4O/c13-11-5-10(14-15-11)12(17)16-6-8-3-1-2-4-9(8)7-16/h1-5H,6-7H2,(H3,13,14,15). The van der Waals surface area contributed by atoms with Crippen LogP contribution in [0.15, 0.2) is 30.3 Å². The molecule has 3 N–H and O–H groups in total. The lowest BCUT2D eigenvalue weighted by Crippen LogP contribution is -2.25. The number of amides is 1. The Morgan fingerprint density at radius 1 is 1.29 bits per heavy atom. The van der Waals surface area contributed by atoms with Crippen LogP contribution in [0, 0.1) is 0 Å². The number of nitrogens with zero attached hydrogens (tertiary/aromatic N) is 2. The summed E-state index contributed by atoms with van der Waals surface area (Å²) in [6.07, 6.45) is 0. The molecule has 0 spiro atoms. The lowest BCUT2D eigenvalue weighted by Gasteiger charge is -2.13. The summed E-state index contributed by atoms with van der Waals surface area (Å²) in [6.45, 7) is 1.29. The molecule has 0 aliphatic carbocycles. The fraction of sp³-hybridized carbons (Fsp3) is 0.167. The molecule has 0 saturated heterocycles. The summed E-state index contributed by atoms with van der Waals surface area (Å²) in [5.41, 5.74) is 8.33. The van der Waals surface area contributed by atoms with Gasteiger partial charge in [-0.1, -0.05) is 24.3 Å². The van der Waals surface area contributed by atoms with Crippen molar-refractivity contribution in [3.63, 3.8) is 0 Å². The van der Waals surface area contributed by atoms with Gasteiger partial charge in [0.15, 0.2) is 0 Å². The van der Waals surface area contributed by atoms with Crippen LogP contribution in [0.4, 0.5) is 5.82 Å². The average molecular weight is 228 g/mol. The van der Waals surface area contributed by atoms with E-state index in [1.54, 1.807) is 11.0 Å². The average Bonchev–Trinajstić information content (AvgIpc) is 2.93. The number of anilines is 1.